The number of hydrogen-bond donors (Lipinski definition) is 1. The summed E-state index contributed by atoms with van der Waals surface area (Å²) in [6, 6.07) is 11.3. The Morgan fingerprint density at radius 3 is 2.70 bits per heavy atom. The quantitative estimate of drug-likeness (QED) is 0.628. The SMILES string of the molecule is C[C@H]([C@@H](C)[C@H]1C(C#N)=C2CC=CC=C2c2ccc(CCCC(=O)O)cc21)[C@H](C)C#N. The molecule has 0 heterocycles. The minimum absolute atomic E-state index is 0.0612. The second kappa shape index (κ2) is 9.14. The minimum Gasteiger partial charge on any atom is -0.481 e. The normalized spacial score (nSPS) is 20.2. The molecule has 3 rings (SSSR count). The van der Waals surface area contributed by atoms with Crippen molar-refractivity contribution in [2.45, 2.75) is 52.4 Å². The van der Waals surface area contributed by atoms with E-state index in [4.69, 9.17) is 5.11 Å². The second-order valence-electron chi connectivity index (χ2n) is 8.50. The largest absolute Gasteiger partial charge is 0.481 e. The Morgan fingerprint density at radius 1 is 1.27 bits per heavy atom. The fraction of sp³-hybridized carbons (Fsp3) is 0.423. The molecule has 0 fully saturated rings. The zero-order valence-corrected chi connectivity index (χ0v) is 17.9. The van der Waals surface area contributed by atoms with Crippen molar-refractivity contribution in [2.24, 2.45) is 17.8 Å². The highest BCUT2D eigenvalue weighted by Crippen LogP contribution is 2.50. The third kappa shape index (κ3) is 4.10. The highest BCUT2D eigenvalue weighted by atomic mass is 16.4. The van der Waals surface area contributed by atoms with Gasteiger partial charge in [0.15, 0.2) is 0 Å². The molecular formula is C26H28N2O2. The lowest BCUT2D eigenvalue weighted by Crippen LogP contribution is -2.27. The van der Waals surface area contributed by atoms with Crippen molar-refractivity contribution in [3.05, 3.63) is 64.3 Å². The fourth-order valence-corrected chi connectivity index (χ4v) is 4.68. The monoisotopic (exact) mass is 400 g/mol. The van der Waals surface area contributed by atoms with E-state index >= 15 is 0 Å². The van der Waals surface area contributed by atoms with E-state index in [2.05, 4.69) is 56.3 Å². The summed E-state index contributed by atoms with van der Waals surface area (Å²) < 4.78 is 0. The highest BCUT2D eigenvalue weighted by molar-refractivity contribution is 5.88. The number of carbonyl (C=O) groups is 1. The second-order valence-corrected chi connectivity index (χ2v) is 8.50. The maximum absolute atomic E-state index is 10.9. The third-order valence-corrected chi connectivity index (χ3v) is 6.75. The van der Waals surface area contributed by atoms with E-state index in [9.17, 15) is 15.3 Å². The van der Waals surface area contributed by atoms with E-state index in [1.807, 2.05) is 13.0 Å². The van der Waals surface area contributed by atoms with E-state index < -0.39 is 5.97 Å². The molecule has 30 heavy (non-hydrogen) atoms. The van der Waals surface area contributed by atoms with Gasteiger partial charge in [0.05, 0.1) is 12.1 Å². The van der Waals surface area contributed by atoms with Crippen LogP contribution in [0.1, 0.15) is 62.6 Å². The zero-order chi connectivity index (χ0) is 21.8. The predicted molar refractivity (Wildman–Crippen MR) is 117 cm³/mol. The van der Waals surface area contributed by atoms with Crippen molar-refractivity contribution in [3.63, 3.8) is 0 Å². The van der Waals surface area contributed by atoms with Crippen LogP contribution >= 0.6 is 0 Å². The number of aryl methyl sites for hydroxylation is 1. The summed E-state index contributed by atoms with van der Waals surface area (Å²) >= 11 is 0. The molecule has 0 saturated carbocycles. The Bertz CT molecular complexity index is 1020. The number of carboxylic acid groups (broad SMARTS) is 1. The molecule has 0 amide bonds. The van der Waals surface area contributed by atoms with Crippen molar-refractivity contribution in [1.29, 1.82) is 10.5 Å². The number of rotatable bonds is 7. The smallest absolute Gasteiger partial charge is 0.303 e. The van der Waals surface area contributed by atoms with E-state index in [1.54, 1.807) is 0 Å². The number of allylic oxidation sites excluding steroid dienone is 6. The molecule has 0 unspecified atom stereocenters. The molecule has 1 N–H and O–H groups in total. The molecule has 0 aliphatic heterocycles. The first-order chi connectivity index (χ1) is 14.4. The average Bonchev–Trinajstić information content (AvgIpc) is 2.76. The minimum atomic E-state index is -0.780. The van der Waals surface area contributed by atoms with E-state index in [-0.39, 0.29) is 30.1 Å². The lowest BCUT2D eigenvalue weighted by atomic mass is 9.65. The summed E-state index contributed by atoms with van der Waals surface area (Å²) in [5, 5.41) is 28.5. The number of fused-ring (bicyclic) bond motifs is 3. The van der Waals surface area contributed by atoms with Crippen molar-refractivity contribution in [2.75, 3.05) is 0 Å². The van der Waals surface area contributed by atoms with Crippen LogP contribution in [0.5, 0.6) is 0 Å². The maximum atomic E-state index is 10.9. The molecule has 0 saturated heterocycles. The molecule has 4 atom stereocenters. The zero-order valence-electron chi connectivity index (χ0n) is 17.9. The Balaban J connectivity index is 2.09. The summed E-state index contributed by atoms with van der Waals surface area (Å²) in [4.78, 5) is 10.9. The van der Waals surface area contributed by atoms with Gasteiger partial charge in [-0.05, 0) is 65.9 Å². The molecule has 4 heteroatoms. The summed E-state index contributed by atoms with van der Waals surface area (Å²) in [6.45, 7) is 6.19. The highest BCUT2D eigenvalue weighted by Gasteiger charge is 2.37. The molecule has 0 bridgehead atoms. The molecule has 1 aromatic rings. The van der Waals surface area contributed by atoms with Gasteiger partial charge in [0.2, 0.25) is 0 Å². The van der Waals surface area contributed by atoms with Gasteiger partial charge in [-0.25, -0.2) is 0 Å². The summed E-state index contributed by atoms with van der Waals surface area (Å²) in [7, 11) is 0. The number of aliphatic carboxylic acids is 1. The molecule has 154 valence electrons. The van der Waals surface area contributed by atoms with Crippen molar-refractivity contribution < 1.29 is 9.90 Å². The van der Waals surface area contributed by atoms with Gasteiger partial charge in [-0.3, -0.25) is 4.79 Å². The van der Waals surface area contributed by atoms with Gasteiger partial charge in [0.25, 0.3) is 0 Å². The Hall–Kier alpha value is -3.11. The standard InChI is InChI=1S/C26H28N2O2/c1-16(14-27)17(2)18(3)26-23-13-19(7-6-10-25(29)30)11-12-22(23)20-8-4-5-9-21(20)24(26)15-28/h4-5,8,11-13,16-18,26H,6-7,9-10H2,1-3H3,(H,29,30)/t16-,17+,18-,26-/m1/s1. The first-order valence-corrected chi connectivity index (χ1v) is 10.6. The van der Waals surface area contributed by atoms with Crippen LogP contribution in [0.2, 0.25) is 0 Å². The summed E-state index contributed by atoms with van der Waals surface area (Å²) in [6.07, 6.45) is 8.40. The third-order valence-electron chi connectivity index (χ3n) is 6.75. The van der Waals surface area contributed by atoms with Crippen LogP contribution in [-0.2, 0) is 11.2 Å². The summed E-state index contributed by atoms with van der Waals surface area (Å²) in [5.41, 5.74) is 6.41. The number of nitriles is 2. The topological polar surface area (TPSA) is 84.9 Å². The van der Waals surface area contributed by atoms with Gasteiger partial charge in [-0.1, -0.05) is 50.3 Å². The van der Waals surface area contributed by atoms with Crippen LogP contribution in [0, 0.1) is 40.4 Å². The number of hydrogen-bond acceptors (Lipinski definition) is 3. The first-order valence-electron chi connectivity index (χ1n) is 10.6. The Morgan fingerprint density at radius 2 is 2.03 bits per heavy atom. The van der Waals surface area contributed by atoms with Crippen LogP contribution in [0.15, 0.2) is 47.6 Å². The average molecular weight is 401 g/mol. The van der Waals surface area contributed by atoms with Gasteiger partial charge >= 0.3 is 5.97 Å². The van der Waals surface area contributed by atoms with Gasteiger partial charge in [-0.15, -0.1) is 0 Å². The Labute approximate surface area is 178 Å². The Kier molecular flexibility index (Phi) is 6.58. The van der Waals surface area contributed by atoms with Crippen LogP contribution in [-0.4, -0.2) is 11.1 Å². The molecule has 2 aliphatic rings. The van der Waals surface area contributed by atoms with Gasteiger partial charge < -0.3 is 5.11 Å². The molecule has 1 aromatic carbocycles. The number of nitrogens with zero attached hydrogens (tertiary/aromatic N) is 2. The van der Waals surface area contributed by atoms with Crippen molar-refractivity contribution >= 4 is 11.5 Å². The molecular weight excluding hydrogens is 372 g/mol. The van der Waals surface area contributed by atoms with Crippen LogP contribution in [0.25, 0.3) is 5.57 Å². The van der Waals surface area contributed by atoms with Gasteiger partial charge in [0, 0.05) is 23.8 Å². The molecule has 0 aromatic heterocycles. The molecule has 2 aliphatic carbocycles. The molecule has 4 nitrogen and oxygen atoms in total. The fourth-order valence-electron chi connectivity index (χ4n) is 4.68. The van der Waals surface area contributed by atoms with Crippen LogP contribution < -0.4 is 0 Å². The number of carboxylic acids is 1. The number of benzene rings is 1. The van der Waals surface area contributed by atoms with Gasteiger partial charge in [0.1, 0.15) is 0 Å². The first kappa shape index (κ1) is 21.6. The predicted octanol–water partition coefficient (Wildman–Crippen LogP) is 5.79. The van der Waals surface area contributed by atoms with E-state index in [0.29, 0.717) is 12.8 Å². The maximum Gasteiger partial charge on any atom is 0.303 e. The lowest BCUT2D eigenvalue weighted by Gasteiger charge is -2.37. The van der Waals surface area contributed by atoms with Crippen LogP contribution in [0.4, 0.5) is 0 Å². The van der Waals surface area contributed by atoms with Crippen LogP contribution in [0.3, 0.4) is 0 Å². The van der Waals surface area contributed by atoms with Gasteiger partial charge in [-0.2, -0.15) is 10.5 Å². The van der Waals surface area contributed by atoms with Crippen molar-refractivity contribution in [3.8, 4) is 12.1 Å². The lowest BCUT2D eigenvalue weighted by molar-refractivity contribution is -0.137. The van der Waals surface area contributed by atoms with Crippen molar-refractivity contribution in [1.82, 2.24) is 0 Å². The molecule has 0 radical (unpaired) electrons. The molecule has 0 spiro atoms. The van der Waals surface area contributed by atoms with E-state index in [1.165, 1.54) is 0 Å². The summed E-state index contributed by atoms with van der Waals surface area (Å²) in [5.74, 6) is -0.680. The van der Waals surface area contributed by atoms with E-state index in [0.717, 1.165) is 39.8 Å².